The van der Waals surface area contributed by atoms with E-state index in [2.05, 4.69) is 51.8 Å². The summed E-state index contributed by atoms with van der Waals surface area (Å²) >= 11 is 3.55. The Hall–Kier alpha value is -3.12. The lowest BCUT2D eigenvalue weighted by Gasteiger charge is -2.22. The summed E-state index contributed by atoms with van der Waals surface area (Å²) in [5.41, 5.74) is 1.82. The van der Waals surface area contributed by atoms with E-state index in [1.165, 1.54) is 12.1 Å². The Morgan fingerprint density at radius 3 is 2.76 bits per heavy atom. The van der Waals surface area contributed by atoms with Gasteiger partial charge in [0.1, 0.15) is 22.1 Å². The van der Waals surface area contributed by atoms with Crippen LogP contribution in [-0.2, 0) is 11.3 Å². The fraction of sp³-hybridized carbons (Fsp3) is 0.333. The molecule has 9 nitrogen and oxygen atoms in total. The number of ether oxygens (including phenoxy) is 1. The minimum absolute atomic E-state index is 0.0884. The molecule has 0 saturated carbocycles. The number of aryl methyl sites for hydroxylation is 1. The molecule has 0 bridgehead atoms. The number of aromatic nitrogens is 6. The largest absolute Gasteiger partial charge is 0.381 e. The van der Waals surface area contributed by atoms with E-state index in [-0.39, 0.29) is 18.5 Å². The van der Waals surface area contributed by atoms with Gasteiger partial charge >= 0.3 is 0 Å². The highest BCUT2D eigenvalue weighted by molar-refractivity contribution is 9.10. The van der Waals surface area contributed by atoms with Crippen molar-refractivity contribution in [2.24, 2.45) is 0 Å². The standard InChI is InChI=1S/C21H21BrF2N8O/c1-11-8-16(30-29-11)26-19-17-18(22)31-32(14-4-6-33-7-5-14)20(17)28-21(27-19)25-10-12-2-3-13(23)9-15(12)24/h2-3,8-9,14H,4-7,10H2,1H3,(H3,25,26,27,28,29,30). The molecule has 1 aromatic carbocycles. The Labute approximate surface area is 196 Å². The number of hydrogen-bond acceptors (Lipinski definition) is 7. The first-order chi connectivity index (χ1) is 16.0. The van der Waals surface area contributed by atoms with Crippen LogP contribution >= 0.6 is 15.9 Å². The fourth-order valence-corrected chi connectivity index (χ4v) is 4.33. The quantitative estimate of drug-likeness (QED) is 0.342. The molecule has 1 fully saturated rings. The molecule has 0 amide bonds. The van der Waals surface area contributed by atoms with E-state index in [0.29, 0.717) is 46.0 Å². The van der Waals surface area contributed by atoms with Gasteiger partial charge in [0.15, 0.2) is 11.5 Å². The fourth-order valence-electron chi connectivity index (χ4n) is 3.79. The predicted octanol–water partition coefficient (Wildman–Crippen LogP) is 4.61. The summed E-state index contributed by atoms with van der Waals surface area (Å²) in [6.45, 7) is 3.30. The molecule has 12 heteroatoms. The molecule has 0 radical (unpaired) electrons. The van der Waals surface area contributed by atoms with Gasteiger partial charge in [-0.25, -0.2) is 13.5 Å². The zero-order valence-corrected chi connectivity index (χ0v) is 19.3. The molecule has 4 aromatic rings. The molecule has 1 aliphatic heterocycles. The third kappa shape index (κ3) is 4.53. The van der Waals surface area contributed by atoms with E-state index in [0.717, 1.165) is 24.6 Å². The van der Waals surface area contributed by atoms with Gasteiger partial charge < -0.3 is 15.4 Å². The van der Waals surface area contributed by atoms with Crippen LogP contribution in [0.5, 0.6) is 0 Å². The lowest BCUT2D eigenvalue weighted by atomic mass is 10.1. The van der Waals surface area contributed by atoms with Crippen molar-refractivity contribution in [3.05, 3.63) is 51.8 Å². The molecule has 0 atom stereocenters. The summed E-state index contributed by atoms with van der Waals surface area (Å²) in [6.07, 6.45) is 1.64. The van der Waals surface area contributed by atoms with Crippen molar-refractivity contribution in [1.29, 1.82) is 0 Å². The first kappa shape index (κ1) is 21.7. The first-order valence-corrected chi connectivity index (χ1v) is 11.3. The molecule has 4 heterocycles. The number of nitrogens with one attached hydrogen (secondary N) is 3. The third-order valence-corrected chi connectivity index (χ3v) is 6.01. The molecule has 0 aliphatic carbocycles. The number of fused-ring (bicyclic) bond motifs is 1. The zero-order valence-electron chi connectivity index (χ0n) is 17.7. The van der Waals surface area contributed by atoms with Gasteiger partial charge in [-0.2, -0.15) is 20.2 Å². The second-order valence-corrected chi connectivity index (χ2v) is 8.57. The number of anilines is 3. The van der Waals surface area contributed by atoms with Crippen LogP contribution in [-0.4, -0.2) is 43.2 Å². The maximum Gasteiger partial charge on any atom is 0.227 e. The number of aromatic amines is 1. The van der Waals surface area contributed by atoms with Gasteiger partial charge in [-0.15, -0.1) is 0 Å². The van der Waals surface area contributed by atoms with Gasteiger partial charge in [0.05, 0.1) is 11.4 Å². The number of benzene rings is 1. The molecular formula is C21H21BrF2N8O. The minimum atomic E-state index is -0.635. The molecule has 33 heavy (non-hydrogen) atoms. The van der Waals surface area contributed by atoms with Gasteiger partial charge in [-0.05, 0) is 41.8 Å². The van der Waals surface area contributed by atoms with E-state index in [1.807, 2.05) is 17.7 Å². The number of hydrogen-bond donors (Lipinski definition) is 3. The van der Waals surface area contributed by atoms with E-state index in [9.17, 15) is 8.78 Å². The maximum atomic E-state index is 14.1. The van der Waals surface area contributed by atoms with Crippen molar-refractivity contribution in [1.82, 2.24) is 29.9 Å². The summed E-state index contributed by atoms with van der Waals surface area (Å²) in [6, 6.07) is 5.45. The minimum Gasteiger partial charge on any atom is -0.381 e. The van der Waals surface area contributed by atoms with E-state index >= 15 is 0 Å². The smallest absolute Gasteiger partial charge is 0.227 e. The van der Waals surface area contributed by atoms with E-state index in [1.54, 1.807) is 0 Å². The van der Waals surface area contributed by atoms with E-state index < -0.39 is 11.6 Å². The monoisotopic (exact) mass is 518 g/mol. The molecule has 3 N–H and O–H groups in total. The van der Waals surface area contributed by atoms with E-state index in [4.69, 9.17) is 4.74 Å². The van der Waals surface area contributed by atoms with Crippen molar-refractivity contribution in [2.45, 2.75) is 32.4 Å². The zero-order chi connectivity index (χ0) is 22.9. The van der Waals surface area contributed by atoms with Gasteiger partial charge in [0.2, 0.25) is 5.95 Å². The SMILES string of the molecule is Cc1cc(Nc2nc(NCc3ccc(F)cc3F)nc3c2c(Br)nn3C2CCOCC2)n[nH]1. The molecule has 0 spiro atoms. The van der Waals surface area contributed by atoms with Crippen molar-refractivity contribution in [2.75, 3.05) is 23.8 Å². The average molecular weight is 519 g/mol. The Morgan fingerprint density at radius 1 is 1.21 bits per heavy atom. The van der Waals surface area contributed by atoms with Crippen molar-refractivity contribution < 1.29 is 13.5 Å². The Morgan fingerprint density at radius 2 is 2.03 bits per heavy atom. The summed E-state index contributed by atoms with van der Waals surface area (Å²) < 4.78 is 35.3. The Balaban J connectivity index is 1.54. The number of halogens is 3. The van der Waals surface area contributed by atoms with Crippen LogP contribution in [0.2, 0.25) is 0 Å². The summed E-state index contributed by atoms with van der Waals surface area (Å²) in [4.78, 5) is 9.28. The predicted molar refractivity (Wildman–Crippen MR) is 122 cm³/mol. The molecule has 3 aromatic heterocycles. The topological polar surface area (TPSA) is 106 Å². The van der Waals surface area contributed by atoms with Crippen LogP contribution in [0.25, 0.3) is 11.0 Å². The van der Waals surface area contributed by atoms with Crippen LogP contribution in [0.15, 0.2) is 28.9 Å². The molecule has 172 valence electrons. The second kappa shape index (κ2) is 9.02. The highest BCUT2D eigenvalue weighted by Gasteiger charge is 2.24. The lowest BCUT2D eigenvalue weighted by Crippen LogP contribution is -2.21. The van der Waals surface area contributed by atoms with Gasteiger partial charge in [-0.3, -0.25) is 5.10 Å². The average Bonchev–Trinajstić information content (AvgIpc) is 3.36. The molecular weight excluding hydrogens is 498 g/mol. The van der Waals surface area contributed by atoms with Crippen LogP contribution in [0.1, 0.15) is 30.1 Å². The Bertz CT molecular complexity index is 1300. The second-order valence-electron chi connectivity index (χ2n) is 7.82. The van der Waals surface area contributed by atoms with Crippen LogP contribution in [0, 0.1) is 18.6 Å². The van der Waals surface area contributed by atoms with Gasteiger partial charge in [0.25, 0.3) is 0 Å². The maximum absolute atomic E-state index is 14.1. The Kier molecular flexibility index (Phi) is 5.94. The van der Waals surface area contributed by atoms with Gasteiger partial charge in [0, 0.05) is 43.1 Å². The lowest BCUT2D eigenvalue weighted by molar-refractivity contribution is 0.0672. The molecule has 1 aliphatic rings. The first-order valence-electron chi connectivity index (χ1n) is 10.5. The van der Waals surface area contributed by atoms with Crippen LogP contribution in [0.3, 0.4) is 0 Å². The molecule has 1 saturated heterocycles. The van der Waals surface area contributed by atoms with Crippen molar-refractivity contribution in [3.63, 3.8) is 0 Å². The number of nitrogens with zero attached hydrogens (tertiary/aromatic N) is 5. The van der Waals surface area contributed by atoms with Crippen molar-refractivity contribution >= 4 is 44.5 Å². The van der Waals surface area contributed by atoms with Crippen LogP contribution in [0.4, 0.5) is 26.4 Å². The van der Waals surface area contributed by atoms with Crippen molar-refractivity contribution in [3.8, 4) is 0 Å². The number of rotatable bonds is 6. The summed E-state index contributed by atoms with van der Waals surface area (Å²) in [7, 11) is 0. The summed E-state index contributed by atoms with van der Waals surface area (Å²) in [5.74, 6) is 0.109. The highest BCUT2D eigenvalue weighted by Crippen LogP contribution is 2.34. The molecule has 5 rings (SSSR count). The van der Waals surface area contributed by atoms with Gasteiger partial charge in [-0.1, -0.05) is 6.07 Å². The van der Waals surface area contributed by atoms with Crippen LogP contribution < -0.4 is 10.6 Å². The number of H-pyrrole nitrogens is 1. The normalized spacial score (nSPS) is 14.7. The highest BCUT2D eigenvalue weighted by atomic mass is 79.9. The summed E-state index contributed by atoms with van der Waals surface area (Å²) in [5, 5.41) is 18.8. The molecule has 0 unspecified atom stereocenters. The third-order valence-electron chi connectivity index (χ3n) is 5.45.